The van der Waals surface area contributed by atoms with Gasteiger partial charge in [-0.3, -0.25) is 4.79 Å². The lowest BCUT2D eigenvalue weighted by molar-refractivity contribution is -0.121. The number of nitrogens with zero attached hydrogens (tertiary/aromatic N) is 2. The van der Waals surface area contributed by atoms with E-state index in [-0.39, 0.29) is 12.1 Å². The number of nitrogens with two attached hydrogens (primary N) is 1. The van der Waals surface area contributed by atoms with Crippen molar-refractivity contribution in [2.75, 3.05) is 27.2 Å². The summed E-state index contributed by atoms with van der Waals surface area (Å²) in [6.45, 7) is 1.10. The maximum atomic E-state index is 12.2. The lowest BCUT2D eigenvalue weighted by Crippen LogP contribution is -2.49. The molecule has 1 aromatic rings. The van der Waals surface area contributed by atoms with Crippen LogP contribution in [0.1, 0.15) is 23.8 Å². The number of hydrogen-bond acceptors (Lipinski definition) is 4. The van der Waals surface area contributed by atoms with Crippen LogP contribution >= 0.6 is 11.3 Å². The van der Waals surface area contributed by atoms with Gasteiger partial charge in [-0.15, -0.1) is 11.3 Å². The van der Waals surface area contributed by atoms with Crippen molar-refractivity contribution in [2.24, 2.45) is 5.73 Å². The third kappa shape index (κ3) is 3.74. The molecule has 1 aromatic heterocycles. The summed E-state index contributed by atoms with van der Waals surface area (Å²) in [5, 5.41) is 4.95. The van der Waals surface area contributed by atoms with Crippen LogP contribution in [0.15, 0.2) is 17.5 Å². The molecule has 1 aliphatic rings. The minimum absolute atomic E-state index is 0.128. The summed E-state index contributed by atoms with van der Waals surface area (Å²) < 4.78 is 0. The highest BCUT2D eigenvalue weighted by Gasteiger charge is 2.32. The van der Waals surface area contributed by atoms with Crippen LogP contribution < -0.4 is 11.1 Å². The van der Waals surface area contributed by atoms with Gasteiger partial charge in [-0.1, -0.05) is 6.07 Å². The molecular formula is C14H22N4O2S. The largest absolute Gasteiger partial charge is 0.368 e. The summed E-state index contributed by atoms with van der Waals surface area (Å²) in [7, 11) is 3.97. The number of hydrogen-bond donors (Lipinski definition) is 2. The Morgan fingerprint density at radius 3 is 2.90 bits per heavy atom. The molecule has 2 rings (SSSR count). The Labute approximate surface area is 128 Å². The molecule has 21 heavy (non-hydrogen) atoms. The van der Waals surface area contributed by atoms with E-state index in [1.807, 2.05) is 25.5 Å². The second-order valence-electron chi connectivity index (χ2n) is 5.43. The molecule has 0 radical (unpaired) electrons. The van der Waals surface area contributed by atoms with Gasteiger partial charge < -0.3 is 20.9 Å². The quantitative estimate of drug-likeness (QED) is 0.852. The minimum atomic E-state index is -0.468. The number of urea groups is 1. The highest BCUT2D eigenvalue weighted by molar-refractivity contribution is 7.10. The number of likely N-dealkylation sites (tertiary alicyclic amines) is 1. The SMILES string of the molecule is CN(C)[C@H](CNC(=O)N1CCC[C@@H]1C(N)=O)c1cccs1. The first-order valence-electron chi connectivity index (χ1n) is 7.04. The summed E-state index contributed by atoms with van der Waals surface area (Å²) in [6, 6.07) is 3.51. The number of amides is 3. The van der Waals surface area contributed by atoms with Gasteiger partial charge in [0, 0.05) is 18.0 Å². The Morgan fingerprint density at radius 2 is 2.33 bits per heavy atom. The second kappa shape index (κ2) is 6.91. The maximum Gasteiger partial charge on any atom is 0.318 e. The summed E-state index contributed by atoms with van der Waals surface area (Å²) in [4.78, 5) is 28.4. The van der Waals surface area contributed by atoms with Crippen LogP contribution in [-0.2, 0) is 4.79 Å². The molecule has 1 saturated heterocycles. The van der Waals surface area contributed by atoms with E-state index in [1.54, 1.807) is 16.2 Å². The smallest absolute Gasteiger partial charge is 0.318 e. The Hall–Kier alpha value is -1.60. The standard InChI is InChI=1S/C14H22N4O2S/c1-17(2)11(12-6-4-8-21-12)9-16-14(20)18-7-3-5-10(18)13(15)19/h4,6,8,10-11H,3,5,7,9H2,1-2H3,(H2,15,19)(H,16,20)/t10-,11-/m1/s1. The van der Waals surface area contributed by atoms with Crippen molar-refractivity contribution in [2.45, 2.75) is 24.9 Å². The summed E-state index contributed by atoms with van der Waals surface area (Å²) >= 11 is 1.67. The van der Waals surface area contributed by atoms with Crippen LogP contribution in [0.4, 0.5) is 4.79 Å². The number of carbonyl (C=O) groups excluding carboxylic acids is 2. The zero-order valence-corrected chi connectivity index (χ0v) is 13.2. The number of likely N-dealkylation sites (N-methyl/N-ethyl adjacent to an activating group) is 1. The molecule has 0 aliphatic carbocycles. The maximum absolute atomic E-state index is 12.2. The van der Waals surface area contributed by atoms with Gasteiger partial charge in [0.15, 0.2) is 0 Å². The van der Waals surface area contributed by atoms with Crippen molar-refractivity contribution in [3.8, 4) is 0 Å². The first kappa shape index (κ1) is 15.8. The fraction of sp³-hybridized carbons (Fsp3) is 0.571. The van der Waals surface area contributed by atoms with Gasteiger partial charge >= 0.3 is 6.03 Å². The number of rotatable bonds is 5. The molecule has 0 aromatic carbocycles. The molecule has 0 unspecified atom stereocenters. The average molecular weight is 310 g/mol. The van der Waals surface area contributed by atoms with Gasteiger partial charge in [0.2, 0.25) is 5.91 Å². The number of nitrogens with one attached hydrogen (secondary N) is 1. The third-order valence-electron chi connectivity index (χ3n) is 3.78. The van der Waals surface area contributed by atoms with Crippen molar-refractivity contribution in [1.82, 2.24) is 15.1 Å². The second-order valence-corrected chi connectivity index (χ2v) is 6.41. The van der Waals surface area contributed by atoms with E-state index in [9.17, 15) is 9.59 Å². The van der Waals surface area contributed by atoms with E-state index in [4.69, 9.17) is 5.73 Å². The van der Waals surface area contributed by atoms with Crippen LogP contribution in [0.25, 0.3) is 0 Å². The van der Waals surface area contributed by atoms with E-state index in [2.05, 4.69) is 16.3 Å². The summed E-state index contributed by atoms with van der Waals surface area (Å²) in [5.74, 6) is -0.426. The van der Waals surface area contributed by atoms with E-state index in [0.29, 0.717) is 19.5 Å². The zero-order chi connectivity index (χ0) is 15.4. The van der Waals surface area contributed by atoms with Crippen molar-refractivity contribution in [1.29, 1.82) is 0 Å². The molecule has 2 heterocycles. The molecule has 0 bridgehead atoms. The molecule has 0 saturated carbocycles. The van der Waals surface area contributed by atoms with Gasteiger partial charge in [-0.05, 0) is 38.4 Å². The van der Waals surface area contributed by atoms with Crippen molar-refractivity contribution in [3.05, 3.63) is 22.4 Å². The first-order chi connectivity index (χ1) is 10.0. The summed E-state index contributed by atoms with van der Waals surface area (Å²) in [6.07, 6.45) is 1.48. The summed E-state index contributed by atoms with van der Waals surface area (Å²) in [5.41, 5.74) is 5.34. The molecular weight excluding hydrogens is 288 g/mol. The molecule has 3 N–H and O–H groups in total. The Bertz CT molecular complexity index is 489. The molecule has 7 heteroatoms. The lowest BCUT2D eigenvalue weighted by Gasteiger charge is -2.27. The predicted octanol–water partition coefficient (Wildman–Crippen LogP) is 1.01. The van der Waals surface area contributed by atoms with Gasteiger partial charge in [-0.25, -0.2) is 4.79 Å². The van der Waals surface area contributed by atoms with Crippen molar-refractivity contribution < 1.29 is 9.59 Å². The van der Waals surface area contributed by atoms with Crippen LogP contribution in [0.3, 0.4) is 0 Å². The fourth-order valence-corrected chi connectivity index (χ4v) is 3.53. The van der Waals surface area contributed by atoms with Gasteiger partial charge in [0.05, 0.1) is 6.04 Å². The van der Waals surface area contributed by atoms with E-state index in [0.717, 1.165) is 6.42 Å². The monoisotopic (exact) mass is 310 g/mol. The topological polar surface area (TPSA) is 78.7 Å². The molecule has 1 fully saturated rings. The fourth-order valence-electron chi connectivity index (χ4n) is 2.61. The Morgan fingerprint density at radius 1 is 1.57 bits per heavy atom. The van der Waals surface area contributed by atoms with E-state index >= 15 is 0 Å². The van der Waals surface area contributed by atoms with Crippen molar-refractivity contribution in [3.63, 3.8) is 0 Å². The molecule has 2 atom stereocenters. The molecule has 6 nitrogen and oxygen atoms in total. The van der Waals surface area contributed by atoms with Crippen LogP contribution in [0.2, 0.25) is 0 Å². The van der Waals surface area contributed by atoms with Gasteiger partial charge in [0.1, 0.15) is 6.04 Å². The molecule has 1 aliphatic heterocycles. The molecule has 0 spiro atoms. The Balaban J connectivity index is 1.95. The molecule has 3 amide bonds. The van der Waals surface area contributed by atoms with Gasteiger partial charge in [-0.2, -0.15) is 0 Å². The minimum Gasteiger partial charge on any atom is -0.368 e. The van der Waals surface area contributed by atoms with E-state index in [1.165, 1.54) is 4.88 Å². The highest BCUT2D eigenvalue weighted by atomic mass is 32.1. The number of thiophene rings is 1. The Kier molecular flexibility index (Phi) is 5.19. The van der Waals surface area contributed by atoms with E-state index < -0.39 is 11.9 Å². The average Bonchev–Trinajstić information content (AvgIpc) is 3.09. The van der Waals surface area contributed by atoms with Crippen LogP contribution in [-0.4, -0.2) is 55.0 Å². The lowest BCUT2D eigenvalue weighted by atomic mass is 10.2. The number of primary amides is 1. The highest BCUT2D eigenvalue weighted by Crippen LogP contribution is 2.23. The third-order valence-corrected chi connectivity index (χ3v) is 4.76. The van der Waals surface area contributed by atoms with Crippen molar-refractivity contribution >= 4 is 23.3 Å². The molecule has 116 valence electrons. The van der Waals surface area contributed by atoms with Crippen LogP contribution in [0.5, 0.6) is 0 Å². The first-order valence-corrected chi connectivity index (χ1v) is 7.92. The normalized spacial score (nSPS) is 19.8. The number of carbonyl (C=O) groups is 2. The zero-order valence-electron chi connectivity index (χ0n) is 12.4. The van der Waals surface area contributed by atoms with Gasteiger partial charge in [0.25, 0.3) is 0 Å². The predicted molar refractivity (Wildman–Crippen MR) is 83.1 cm³/mol. The van der Waals surface area contributed by atoms with Crippen LogP contribution in [0, 0.1) is 0 Å².